The lowest BCUT2D eigenvalue weighted by Gasteiger charge is -2.07. The van der Waals surface area contributed by atoms with Crippen LogP contribution in [0.2, 0.25) is 0 Å². The number of amides is 1. The maximum absolute atomic E-state index is 11.7. The Bertz CT molecular complexity index is 858. The predicted octanol–water partition coefficient (Wildman–Crippen LogP) is 0.731. The number of ether oxygens (including phenoxy) is 2. The van der Waals surface area contributed by atoms with E-state index < -0.39 is 33.6 Å². The Morgan fingerprint density at radius 2 is 2.00 bits per heavy atom. The third-order valence-electron chi connectivity index (χ3n) is 2.75. The monoisotopic (exact) mass is 354 g/mol. The summed E-state index contributed by atoms with van der Waals surface area (Å²) in [6.07, 6.45) is 0. The largest absolute Gasteiger partial charge is 0.497 e. The van der Waals surface area contributed by atoms with Gasteiger partial charge in [0.15, 0.2) is 6.61 Å². The van der Waals surface area contributed by atoms with Crippen LogP contribution >= 0.6 is 0 Å². The van der Waals surface area contributed by atoms with Gasteiger partial charge in [-0.1, -0.05) is 6.07 Å². The summed E-state index contributed by atoms with van der Waals surface area (Å²) in [5.74, 6) is -1.41. The maximum atomic E-state index is 11.7. The van der Waals surface area contributed by atoms with E-state index in [1.807, 2.05) is 0 Å². The standard InChI is InChI=1S/C14H14N2O7S/c1-21-10-4-2-3-9(7-10)16-12(17)8-22-14(18)11-5-6-13(23-11)24(15,19)20/h2-7H,8H2,1H3,(H,16,17)(H2,15,19,20). The molecular weight excluding hydrogens is 340 g/mol. The molecule has 1 aromatic heterocycles. The first-order valence-corrected chi connectivity index (χ1v) is 8.08. The lowest BCUT2D eigenvalue weighted by atomic mass is 10.3. The highest BCUT2D eigenvalue weighted by molar-refractivity contribution is 7.89. The zero-order chi connectivity index (χ0) is 17.7. The maximum Gasteiger partial charge on any atom is 0.374 e. The van der Waals surface area contributed by atoms with E-state index in [-0.39, 0.29) is 5.76 Å². The number of hydrogen-bond donors (Lipinski definition) is 2. The van der Waals surface area contributed by atoms with Gasteiger partial charge in [0.2, 0.25) is 10.9 Å². The summed E-state index contributed by atoms with van der Waals surface area (Å²) in [6, 6.07) is 8.70. The summed E-state index contributed by atoms with van der Waals surface area (Å²) in [6.45, 7) is -0.582. The van der Waals surface area contributed by atoms with Gasteiger partial charge in [-0.3, -0.25) is 4.79 Å². The smallest absolute Gasteiger partial charge is 0.374 e. The molecule has 9 nitrogen and oxygen atoms in total. The average molecular weight is 354 g/mol. The van der Waals surface area contributed by atoms with Gasteiger partial charge in [0.1, 0.15) is 5.75 Å². The Hall–Kier alpha value is -2.85. The minimum Gasteiger partial charge on any atom is -0.497 e. The molecule has 0 aliphatic heterocycles. The average Bonchev–Trinajstić information content (AvgIpc) is 3.03. The van der Waals surface area contributed by atoms with E-state index in [0.717, 1.165) is 12.1 Å². The van der Waals surface area contributed by atoms with E-state index in [4.69, 9.17) is 19.0 Å². The summed E-state index contributed by atoms with van der Waals surface area (Å²) in [4.78, 5) is 23.4. The number of methoxy groups -OCH3 is 1. The van der Waals surface area contributed by atoms with Gasteiger partial charge >= 0.3 is 5.97 Å². The van der Waals surface area contributed by atoms with Crippen LogP contribution in [-0.2, 0) is 19.6 Å². The Kier molecular flexibility index (Phi) is 5.21. The van der Waals surface area contributed by atoms with E-state index in [1.165, 1.54) is 7.11 Å². The number of nitrogens with two attached hydrogens (primary N) is 1. The number of rotatable bonds is 6. The number of benzene rings is 1. The lowest BCUT2D eigenvalue weighted by molar-refractivity contribution is -0.119. The predicted molar refractivity (Wildman–Crippen MR) is 82.0 cm³/mol. The van der Waals surface area contributed by atoms with Crippen molar-refractivity contribution in [1.82, 2.24) is 0 Å². The van der Waals surface area contributed by atoms with E-state index in [1.54, 1.807) is 24.3 Å². The molecule has 1 aromatic carbocycles. The molecule has 1 heterocycles. The second-order valence-corrected chi connectivity index (χ2v) is 6.01. The minimum absolute atomic E-state index is 0.381. The molecule has 0 unspecified atom stereocenters. The molecule has 0 saturated carbocycles. The van der Waals surface area contributed by atoms with Crippen molar-refractivity contribution in [3.63, 3.8) is 0 Å². The van der Waals surface area contributed by atoms with Gasteiger partial charge < -0.3 is 19.2 Å². The molecule has 10 heteroatoms. The zero-order valence-corrected chi connectivity index (χ0v) is 13.3. The normalized spacial score (nSPS) is 10.9. The highest BCUT2D eigenvalue weighted by Crippen LogP contribution is 2.17. The number of esters is 1. The van der Waals surface area contributed by atoms with Crippen LogP contribution < -0.4 is 15.2 Å². The SMILES string of the molecule is COc1cccc(NC(=O)COC(=O)c2ccc(S(N)(=O)=O)o2)c1. The van der Waals surface area contributed by atoms with Crippen LogP contribution in [0, 0.1) is 0 Å². The highest BCUT2D eigenvalue weighted by Gasteiger charge is 2.19. The van der Waals surface area contributed by atoms with E-state index >= 15 is 0 Å². The van der Waals surface area contributed by atoms with Crippen molar-refractivity contribution in [2.45, 2.75) is 5.09 Å². The Morgan fingerprint density at radius 1 is 1.25 bits per heavy atom. The molecule has 2 aromatic rings. The van der Waals surface area contributed by atoms with Crippen molar-refractivity contribution in [3.8, 4) is 5.75 Å². The van der Waals surface area contributed by atoms with Crippen LogP contribution in [-0.4, -0.2) is 34.0 Å². The lowest BCUT2D eigenvalue weighted by Crippen LogP contribution is -2.20. The first-order chi connectivity index (χ1) is 11.3. The second-order valence-electron chi connectivity index (χ2n) is 4.52. The van der Waals surface area contributed by atoms with Crippen LogP contribution in [0.15, 0.2) is 45.9 Å². The van der Waals surface area contributed by atoms with Crippen molar-refractivity contribution in [3.05, 3.63) is 42.2 Å². The molecule has 128 valence electrons. The molecule has 1 amide bonds. The summed E-state index contributed by atoms with van der Waals surface area (Å²) in [7, 11) is -2.57. The molecule has 0 fully saturated rings. The van der Waals surface area contributed by atoms with Crippen molar-refractivity contribution < 1.29 is 31.9 Å². The van der Waals surface area contributed by atoms with E-state index in [2.05, 4.69) is 5.32 Å². The van der Waals surface area contributed by atoms with E-state index in [0.29, 0.717) is 11.4 Å². The molecule has 0 bridgehead atoms. The topological polar surface area (TPSA) is 138 Å². The molecular formula is C14H14N2O7S. The number of sulfonamides is 1. The van der Waals surface area contributed by atoms with Gasteiger partial charge in [-0.2, -0.15) is 0 Å². The molecule has 24 heavy (non-hydrogen) atoms. The van der Waals surface area contributed by atoms with Crippen LogP contribution in [0.4, 0.5) is 5.69 Å². The van der Waals surface area contributed by atoms with Gasteiger partial charge in [-0.05, 0) is 24.3 Å². The number of furan rings is 1. The van der Waals surface area contributed by atoms with Crippen molar-refractivity contribution >= 4 is 27.6 Å². The Morgan fingerprint density at radius 3 is 2.62 bits per heavy atom. The molecule has 0 spiro atoms. The van der Waals surface area contributed by atoms with Crippen LogP contribution in [0.25, 0.3) is 0 Å². The third-order valence-corrected chi connectivity index (χ3v) is 3.53. The number of anilines is 1. The molecule has 2 rings (SSSR count). The van der Waals surface area contributed by atoms with Crippen molar-refractivity contribution in [2.75, 3.05) is 19.0 Å². The molecule has 0 aliphatic carbocycles. The molecule has 0 saturated heterocycles. The number of primary sulfonamides is 1. The van der Waals surface area contributed by atoms with E-state index in [9.17, 15) is 18.0 Å². The fourth-order valence-electron chi connectivity index (χ4n) is 1.68. The van der Waals surface area contributed by atoms with Crippen molar-refractivity contribution in [1.29, 1.82) is 0 Å². The first-order valence-electron chi connectivity index (χ1n) is 6.53. The third kappa shape index (κ3) is 4.57. The molecule has 0 radical (unpaired) electrons. The van der Waals surface area contributed by atoms with Gasteiger partial charge in [0, 0.05) is 11.8 Å². The number of carbonyl (C=O) groups is 2. The number of carbonyl (C=O) groups excluding carboxylic acids is 2. The van der Waals surface area contributed by atoms with Gasteiger partial charge in [0.25, 0.3) is 15.9 Å². The van der Waals surface area contributed by atoms with Crippen LogP contribution in [0.5, 0.6) is 5.75 Å². The zero-order valence-electron chi connectivity index (χ0n) is 12.5. The highest BCUT2D eigenvalue weighted by atomic mass is 32.2. The van der Waals surface area contributed by atoms with Gasteiger partial charge in [-0.15, -0.1) is 0 Å². The van der Waals surface area contributed by atoms with Crippen LogP contribution in [0.1, 0.15) is 10.6 Å². The van der Waals surface area contributed by atoms with Crippen molar-refractivity contribution in [2.24, 2.45) is 5.14 Å². The first kappa shape index (κ1) is 17.5. The summed E-state index contributed by atoms with van der Waals surface area (Å²) < 4.78 is 36.6. The van der Waals surface area contributed by atoms with Crippen LogP contribution in [0.3, 0.4) is 0 Å². The summed E-state index contributed by atoms with van der Waals surface area (Å²) in [5.41, 5.74) is 0.463. The molecule has 0 aliphatic rings. The molecule has 0 atom stereocenters. The quantitative estimate of drug-likeness (QED) is 0.729. The fraction of sp³-hybridized carbons (Fsp3) is 0.143. The Balaban J connectivity index is 1.91. The number of hydrogen-bond acceptors (Lipinski definition) is 7. The van der Waals surface area contributed by atoms with Gasteiger partial charge in [0.05, 0.1) is 7.11 Å². The Labute approximate surface area is 137 Å². The fourth-order valence-corrected chi connectivity index (χ4v) is 2.15. The molecule has 3 N–H and O–H groups in total. The van der Waals surface area contributed by atoms with Gasteiger partial charge in [-0.25, -0.2) is 18.4 Å². The second kappa shape index (κ2) is 7.15. The summed E-state index contributed by atoms with van der Waals surface area (Å²) in [5, 5.41) is 6.79. The minimum atomic E-state index is -4.06. The number of nitrogens with one attached hydrogen (secondary N) is 1. The summed E-state index contributed by atoms with van der Waals surface area (Å²) >= 11 is 0.